The maximum Gasteiger partial charge on any atom is 0.339 e. The van der Waals surface area contributed by atoms with E-state index in [1.165, 1.54) is 7.11 Å². The molecule has 0 amide bonds. The van der Waals surface area contributed by atoms with E-state index in [0.717, 1.165) is 0 Å². The molecule has 4 nitrogen and oxygen atoms in total. The maximum atomic E-state index is 12.2. The number of methoxy groups -OCH3 is 1. The zero-order valence-corrected chi connectivity index (χ0v) is 12.2. The summed E-state index contributed by atoms with van der Waals surface area (Å²) in [6.45, 7) is 3.70. The Labute approximate surface area is 129 Å². The maximum absolute atomic E-state index is 12.2. The number of hydrogen-bond acceptors (Lipinski definition) is 4. The Morgan fingerprint density at radius 2 is 1.50 bits per heavy atom. The molecule has 0 N–H and O–H groups in total. The van der Waals surface area contributed by atoms with Crippen LogP contribution < -0.4 is 0 Å². The van der Waals surface area contributed by atoms with Gasteiger partial charge in [-0.25, -0.2) is 9.59 Å². The quantitative estimate of drug-likeness (QED) is 0.627. The van der Waals surface area contributed by atoms with Gasteiger partial charge in [-0.2, -0.15) is 0 Å². The van der Waals surface area contributed by atoms with Crippen LogP contribution in [0.2, 0.25) is 0 Å². The first-order valence-electron chi connectivity index (χ1n) is 6.71. The summed E-state index contributed by atoms with van der Waals surface area (Å²) in [6, 6.07) is 17.5. The Bertz CT molecular complexity index is 662. The highest BCUT2D eigenvalue weighted by molar-refractivity contribution is 5.92. The van der Waals surface area contributed by atoms with Gasteiger partial charge in [-0.15, -0.1) is 0 Å². The Morgan fingerprint density at radius 1 is 0.955 bits per heavy atom. The van der Waals surface area contributed by atoms with Gasteiger partial charge in [-0.05, 0) is 17.7 Å². The number of carbonyl (C=O) groups is 2. The SMILES string of the molecule is C=C(C(=O)OC)C(OC(=O)c1ccccc1)c1ccccc1. The molecule has 0 radical (unpaired) electrons. The number of ether oxygens (including phenoxy) is 2. The van der Waals surface area contributed by atoms with Crippen LogP contribution in [0.5, 0.6) is 0 Å². The molecular weight excluding hydrogens is 280 g/mol. The number of benzene rings is 2. The van der Waals surface area contributed by atoms with Crippen molar-refractivity contribution in [3.8, 4) is 0 Å². The highest BCUT2D eigenvalue weighted by Crippen LogP contribution is 2.26. The average Bonchev–Trinajstić information content (AvgIpc) is 2.59. The van der Waals surface area contributed by atoms with Gasteiger partial charge in [0.05, 0.1) is 18.2 Å². The lowest BCUT2D eigenvalue weighted by molar-refractivity contribution is -0.137. The molecule has 0 saturated carbocycles. The first kappa shape index (κ1) is 15.5. The van der Waals surface area contributed by atoms with E-state index < -0.39 is 18.0 Å². The molecule has 0 fully saturated rings. The van der Waals surface area contributed by atoms with E-state index in [0.29, 0.717) is 11.1 Å². The van der Waals surface area contributed by atoms with Crippen molar-refractivity contribution in [1.29, 1.82) is 0 Å². The largest absolute Gasteiger partial charge is 0.466 e. The molecule has 0 aliphatic heterocycles. The Kier molecular flexibility index (Phi) is 5.09. The zero-order valence-electron chi connectivity index (χ0n) is 12.2. The third-order valence-electron chi connectivity index (χ3n) is 3.10. The van der Waals surface area contributed by atoms with Gasteiger partial charge in [0.2, 0.25) is 0 Å². The minimum Gasteiger partial charge on any atom is -0.466 e. The molecule has 2 aromatic rings. The lowest BCUT2D eigenvalue weighted by Gasteiger charge is -2.19. The van der Waals surface area contributed by atoms with Gasteiger partial charge in [0.25, 0.3) is 0 Å². The van der Waals surface area contributed by atoms with Crippen molar-refractivity contribution in [1.82, 2.24) is 0 Å². The molecule has 0 aliphatic rings. The molecule has 0 saturated heterocycles. The van der Waals surface area contributed by atoms with Crippen molar-refractivity contribution in [2.75, 3.05) is 7.11 Å². The van der Waals surface area contributed by atoms with Crippen LogP contribution in [0.4, 0.5) is 0 Å². The first-order chi connectivity index (χ1) is 10.6. The molecule has 0 aromatic heterocycles. The number of hydrogen-bond donors (Lipinski definition) is 0. The van der Waals surface area contributed by atoms with Crippen molar-refractivity contribution in [3.05, 3.63) is 83.9 Å². The fourth-order valence-corrected chi connectivity index (χ4v) is 1.96. The molecule has 0 spiro atoms. The van der Waals surface area contributed by atoms with Gasteiger partial charge in [0.15, 0.2) is 6.10 Å². The standard InChI is InChI=1S/C18H16O4/c1-13(17(19)21-2)16(14-9-5-3-6-10-14)22-18(20)15-11-7-4-8-12-15/h3-12,16H,1H2,2H3. The second-order valence-electron chi connectivity index (χ2n) is 4.58. The topological polar surface area (TPSA) is 52.6 Å². The smallest absolute Gasteiger partial charge is 0.339 e. The zero-order chi connectivity index (χ0) is 15.9. The Balaban J connectivity index is 2.27. The molecule has 4 heteroatoms. The molecule has 112 valence electrons. The third kappa shape index (κ3) is 3.61. The van der Waals surface area contributed by atoms with Crippen molar-refractivity contribution in [3.63, 3.8) is 0 Å². The van der Waals surface area contributed by atoms with E-state index >= 15 is 0 Å². The second-order valence-corrected chi connectivity index (χ2v) is 4.58. The molecule has 2 rings (SSSR count). The Hall–Kier alpha value is -2.88. The van der Waals surface area contributed by atoms with E-state index in [1.54, 1.807) is 54.6 Å². The van der Waals surface area contributed by atoms with E-state index in [9.17, 15) is 9.59 Å². The average molecular weight is 296 g/mol. The van der Waals surface area contributed by atoms with Crippen LogP contribution in [-0.4, -0.2) is 19.0 Å². The van der Waals surface area contributed by atoms with Crippen molar-refractivity contribution < 1.29 is 19.1 Å². The van der Waals surface area contributed by atoms with Crippen LogP contribution in [0.3, 0.4) is 0 Å². The minimum atomic E-state index is -0.888. The summed E-state index contributed by atoms with van der Waals surface area (Å²) in [5.41, 5.74) is 1.13. The highest BCUT2D eigenvalue weighted by atomic mass is 16.6. The van der Waals surface area contributed by atoms with E-state index in [2.05, 4.69) is 11.3 Å². The molecule has 0 aliphatic carbocycles. The molecule has 2 aromatic carbocycles. The summed E-state index contributed by atoms with van der Waals surface area (Å²) in [5.74, 6) is -1.14. The predicted octanol–water partition coefficient (Wildman–Crippen LogP) is 3.31. The molecule has 0 bridgehead atoms. The molecule has 1 unspecified atom stereocenters. The summed E-state index contributed by atoms with van der Waals surface area (Å²) in [4.78, 5) is 24.0. The summed E-state index contributed by atoms with van der Waals surface area (Å²) in [6.07, 6.45) is -0.888. The van der Waals surface area contributed by atoms with Crippen LogP contribution in [0.25, 0.3) is 0 Å². The lowest BCUT2D eigenvalue weighted by Crippen LogP contribution is -2.18. The normalized spacial score (nSPS) is 11.3. The molecule has 1 atom stereocenters. The van der Waals surface area contributed by atoms with E-state index in [1.807, 2.05) is 6.07 Å². The van der Waals surface area contributed by atoms with Gasteiger partial charge in [0, 0.05) is 0 Å². The molecule has 0 heterocycles. The van der Waals surface area contributed by atoms with Crippen LogP contribution in [0.15, 0.2) is 72.8 Å². The number of carbonyl (C=O) groups excluding carboxylic acids is 2. The summed E-state index contributed by atoms with van der Waals surface area (Å²) in [7, 11) is 1.26. The van der Waals surface area contributed by atoms with Crippen molar-refractivity contribution in [2.24, 2.45) is 0 Å². The molecular formula is C18H16O4. The van der Waals surface area contributed by atoms with Gasteiger partial charge in [0.1, 0.15) is 0 Å². The van der Waals surface area contributed by atoms with Crippen molar-refractivity contribution in [2.45, 2.75) is 6.10 Å². The second kappa shape index (κ2) is 7.22. The van der Waals surface area contributed by atoms with Crippen LogP contribution in [0.1, 0.15) is 22.0 Å². The van der Waals surface area contributed by atoms with Crippen LogP contribution >= 0.6 is 0 Å². The van der Waals surface area contributed by atoms with Gasteiger partial charge in [-0.3, -0.25) is 0 Å². The fraction of sp³-hybridized carbons (Fsp3) is 0.111. The Morgan fingerprint density at radius 3 is 2.05 bits per heavy atom. The van der Waals surface area contributed by atoms with E-state index in [4.69, 9.17) is 4.74 Å². The number of esters is 2. The minimum absolute atomic E-state index is 0.0676. The van der Waals surface area contributed by atoms with Gasteiger partial charge >= 0.3 is 11.9 Å². The van der Waals surface area contributed by atoms with Crippen LogP contribution in [-0.2, 0) is 14.3 Å². The summed E-state index contributed by atoms with van der Waals surface area (Å²) in [5, 5.41) is 0. The first-order valence-corrected chi connectivity index (χ1v) is 6.71. The summed E-state index contributed by atoms with van der Waals surface area (Å²) >= 11 is 0. The molecule has 22 heavy (non-hydrogen) atoms. The van der Waals surface area contributed by atoms with E-state index in [-0.39, 0.29) is 5.57 Å². The highest BCUT2D eigenvalue weighted by Gasteiger charge is 2.25. The third-order valence-corrected chi connectivity index (χ3v) is 3.10. The van der Waals surface area contributed by atoms with Crippen molar-refractivity contribution >= 4 is 11.9 Å². The van der Waals surface area contributed by atoms with Gasteiger partial charge < -0.3 is 9.47 Å². The number of rotatable bonds is 5. The monoisotopic (exact) mass is 296 g/mol. The van der Waals surface area contributed by atoms with Crippen LogP contribution in [0, 0.1) is 0 Å². The fourth-order valence-electron chi connectivity index (χ4n) is 1.96. The predicted molar refractivity (Wildman–Crippen MR) is 82.2 cm³/mol. The lowest BCUT2D eigenvalue weighted by atomic mass is 10.0. The van der Waals surface area contributed by atoms with Gasteiger partial charge in [-0.1, -0.05) is 55.1 Å². The summed E-state index contributed by atoms with van der Waals surface area (Å²) < 4.78 is 10.1.